The lowest BCUT2D eigenvalue weighted by Crippen LogP contribution is -2.34. The van der Waals surface area contributed by atoms with E-state index < -0.39 is 30.1 Å². The van der Waals surface area contributed by atoms with Crippen LogP contribution < -0.4 is 9.47 Å². The van der Waals surface area contributed by atoms with Gasteiger partial charge in [-0.25, -0.2) is 0 Å². The minimum Gasteiger partial charge on any atom is -0.490 e. The Kier molecular flexibility index (Phi) is 9.09. The summed E-state index contributed by atoms with van der Waals surface area (Å²) in [5, 5.41) is 0. The number of hydrogen-bond donors (Lipinski definition) is 0. The molecule has 2 fully saturated rings. The van der Waals surface area contributed by atoms with E-state index in [9.17, 15) is 17.6 Å². The van der Waals surface area contributed by atoms with Gasteiger partial charge in [-0.1, -0.05) is 39.5 Å². The summed E-state index contributed by atoms with van der Waals surface area (Å²) in [5.41, 5.74) is 0. The highest BCUT2D eigenvalue weighted by molar-refractivity contribution is 5.35. The second-order valence-corrected chi connectivity index (χ2v) is 9.61. The van der Waals surface area contributed by atoms with Crippen LogP contribution in [0, 0.1) is 29.4 Å². The van der Waals surface area contributed by atoms with Crippen LogP contribution in [0.4, 0.5) is 17.6 Å². The molecule has 7 heteroatoms. The molecule has 0 spiro atoms. The van der Waals surface area contributed by atoms with Crippen LogP contribution in [-0.4, -0.2) is 25.4 Å². The third-order valence-electron chi connectivity index (χ3n) is 6.86. The summed E-state index contributed by atoms with van der Waals surface area (Å²) in [6, 6.07) is 2.14. The van der Waals surface area contributed by atoms with Crippen LogP contribution in [0.3, 0.4) is 0 Å². The second kappa shape index (κ2) is 11.6. The van der Waals surface area contributed by atoms with Gasteiger partial charge in [-0.15, -0.1) is 0 Å². The molecule has 0 aliphatic heterocycles. The maximum atomic E-state index is 14.4. The van der Waals surface area contributed by atoms with E-state index in [2.05, 4.69) is 18.6 Å². The van der Waals surface area contributed by atoms with Gasteiger partial charge in [0, 0.05) is 0 Å². The number of halogens is 4. The van der Waals surface area contributed by atoms with E-state index in [-0.39, 0.29) is 11.9 Å². The van der Waals surface area contributed by atoms with Crippen LogP contribution in [0.25, 0.3) is 0 Å². The second-order valence-electron chi connectivity index (χ2n) is 9.61. The fraction of sp³-hybridized carbons (Fsp3) is 0.760. The Morgan fingerprint density at radius 3 is 2.12 bits per heavy atom. The maximum absolute atomic E-state index is 14.4. The summed E-state index contributed by atoms with van der Waals surface area (Å²) >= 11 is 0. The first-order valence-corrected chi connectivity index (χ1v) is 12.1. The smallest absolute Gasteiger partial charge is 0.422 e. The molecule has 0 N–H and O–H groups in total. The third kappa shape index (κ3) is 7.26. The van der Waals surface area contributed by atoms with E-state index in [0.717, 1.165) is 56.6 Å². The van der Waals surface area contributed by atoms with E-state index in [1.807, 2.05) is 0 Å². The van der Waals surface area contributed by atoms with E-state index in [0.29, 0.717) is 31.3 Å². The molecule has 0 saturated heterocycles. The summed E-state index contributed by atoms with van der Waals surface area (Å²) < 4.78 is 72.4. The van der Waals surface area contributed by atoms with Gasteiger partial charge in [-0.2, -0.15) is 17.6 Å². The predicted octanol–water partition coefficient (Wildman–Crippen LogP) is 7.52. The van der Waals surface area contributed by atoms with Gasteiger partial charge in [-0.05, 0) is 68.4 Å². The molecule has 1 aromatic rings. The van der Waals surface area contributed by atoms with Crippen LogP contribution in [0.2, 0.25) is 0 Å². The highest BCUT2D eigenvalue weighted by Gasteiger charge is 2.36. The van der Waals surface area contributed by atoms with Crippen LogP contribution in [0.5, 0.6) is 11.5 Å². The van der Waals surface area contributed by atoms with Crippen molar-refractivity contribution in [1.82, 2.24) is 0 Å². The monoisotopic (exact) mass is 460 g/mol. The van der Waals surface area contributed by atoms with Crippen LogP contribution in [0.1, 0.15) is 78.1 Å². The molecule has 0 amide bonds. The van der Waals surface area contributed by atoms with Crippen LogP contribution >= 0.6 is 0 Å². The van der Waals surface area contributed by atoms with Crippen molar-refractivity contribution in [3.8, 4) is 11.5 Å². The van der Waals surface area contributed by atoms with Crippen molar-refractivity contribution in [1.29, 1.82) is 0 Å². The van der Waals surface area contributed by atoms with Gasteiger partial charge >= 0.3 is 6.11 Å². The van der Waals surface area contributed by atoms with Crippen molar-refractivity contribution >= 4 is 0 Å². The number of ether oxygens (including phenoxy) is 3. The molecule has 0 aromatic heterocycles. The molecule has 0 unspecified atom stereocenters. The average molecular weight is 461 g/mol. The highest BCUT2D eigenvalue weighted by Crippen LogP contribution is 2.35. The summed E-state index contributed by atoms with van der Waals surface area (Å²) in [4.78, 5) is 0. The molecule has 0 heterocycles. The van der Waals surface area contributed by atoms with Gasteiger partial charge in [0.2, 0.25) is 11.6 Å². The zero-order chi connectivity index (χ0) is 23.1. The molecule has 2 aliphatic rings. The molecular formula is C25H36F4O3. The van der Waals surface area contributed by atoms with Crippen LogP contribution in [0.15, 0.2) is 12.1 Å². The largest absolute Gasteiger partial charge is 0.490 e. The minimum absolute atomic E-state index is 0.255. The van der Waals surface area contributed by atoms with Crippen molar-refractivity contribution in [3.63, 3.8) is 0 Å². The van der Waals surface area contributed by atoms with Gasteiger partial charge < -0.3 is 14.2 Å². The average Bonchev–Trinajstić information content (AvgIpc) is 2.77. The first-order chi connectivity index (χ1) is 15.3. The van der Waals surface area contributed by atoms with Crippen molar-refractivity contribution in [3.05, 3.63) is 23.8 Å². The molecule has 182 valence electrons. The Morgan fingerprint density at radius 1 is 0.875 bits per heavy atom. The molecule has 3 nitrogen and oxygen atoms in total. The topological polar surface area (TPSA) is 27.7 Å². The van der Waals surface area contributed by atoms with E-state index in [1.165, 1.54) is 12.8 Å². The Labute approximate surface area is 188 Å². The van der Waals surface area contributed by atoms with E-state index in [1.54, 1.807) is 0 Å². The SMILES string of the molecule is CCCC1CCC(COc2ccc(OC(F)(F)COC3CCC(C)CC3)c(F)c2F)CC1. The first kappa shape index (κ1) is 25.1. The number of rotatable bonds is 10. The van der Waals surface area contributed by atoms with E-state index in [4.69, 9.17) is 9.47 Å². The van der Waals surface area contributed by atoms with Gasteiger partial charge in [0.1, 0.15) is 0 Å². The number of hydrogen-bond acceptors (Lipinski definition) is 3. The van der Waals surface area contributed by atoms with E-state index >= 15 is 0 Å². The molecule has 1 aromatic carbocycles. The predicted molar refractivity (Wildman–Crippen MR) is 115 cm³/mol. The highest BCUT2D eigenvalue weighted by atomic mass is 19.3. The lowest BCUT2D eigenvalue weighted by Gasteiger charge is -2.28. The maximum Gasteiger partial charge on any atom is 0.422 e. The number of alkyl halides is 2. The van der Waals surface area contributed by atoms with Crippen molar-refractivity contribution in [2.75, 3.05) is 13.2 Å². The summed E-state index contributed by atoms with van der Waals surface area (Å²) in [5.74, 6) is -2.29. The lowest BCUT2D eigenvalue weighted by molar-refractivity contribution is -0.223. The van der Waals surface area contributed by atoms with Gasteiger partial charge in [0.05, 0.1) is 12.7 Å². The minimum atomic E-state index is -3.75. The lowest BCUT2D eigenvalue weighted by atomic mass is 9.80. The standard InChI is InChI=1S/C25H36F4O3/c1-3-4-18-7-9-19(10-8-18)15-30-21-13-14-22(24(27)23(21)26)32-25(28,29)16-31-20-11-5-17(2)6-12-20/h13-14,17-20H,3-12,15-16H2,1-2H3. The quantitative estimate of drug-likeness (QED) is 0.338. The van der Waals surface area contributed by atoms with Gasteiger partial charge in [0.15, 0.2) is 18.1 Å². The molecule has 0 radical (unpaired) electrons. The summed E-state index contributed by atoms with van der Waals surface area (Å²) in [6.45, 7) is 3.60. The fourth-order valence-electron chi connectivity index (χ4n) is 4.81. The molecule has 2 saturated carbocycles. The van der Waals surface area contributed by atoms with Crippen molar-refractivity contribution < 1.29 is 31.8 Å². The Bertz CT molecular complexity index is 711. The van der Waals surface area contributed by atoms with Crippen LogP contribution in [-0.2, 0) is 4.74 Å². The summed E-state index contributed by atoms with van der Waals surface area (Å²) in [6.07, 6.45) is 5.94. The third-order valence-corrected chi connectivity index (χ3v) is 6.86. The molecule has 0 bridgehead atoms. The fourth-order valence-corrected chi connectivity index (χ4v) is 4.81. The molecule has 3 rings (SSSR count). The molecular weight excluding hydrogens is 424 g/mol. The zero-order valence-corrected chi connectivity index (χ0v) is 19.2. The van der Waals surface area contributed by atoms with Gasteiger partial charge in [-0.3, -0.25) is 0 Å². The normalized spacial score (nSPS) is 26.7. The Hall–Kier alpha value is -1.50. The van der Waals surface area contributed by atoms with Crippen molar-refractivity contribution in [2.45, 2.75) is 90.3 Å². The molecule has 0 atom stereocenters. The Balaban J connectivity index is 1.49. The first-order valence-electron chi connectivity index (χ1n) is 12.1. The van der Waals surface area contributed by atoms with Gasteiger partial charge in [0.25, 0.3) is 0 Å². The zero-order valence-electron chi connectivity index (χ0n) is 19.2. The summed E-state index contributed by atoms with van der Waals surface area (Å²) in [7, 11) is 0. The molecule has 2 aliphatic carbocycles. The van der Waals surface area contributed by atoms with Crippen molar-refractivity contribution in [2.24, 2.45) is 17.8 Å². The number of benzene rings is 1. The molecule has 32 heavy (non-hydrogen) atoms. The Morgan fingerprint density at radius 2 is 1.47 bits per heavy atom.